The van der Waals surface area contributed by atoms with Crippen LogP contribution in [0.1, 0.15) is 68.8 Å². The molecule has 3 aromatic carbocycles. The van der Waals surface area contributed by atoms with E-state index in [2.05, 4.69) is 141 Å². The van der Waals surface area contributed by atoms with E-state index in [1.54, 1.807) is 6.20 Å². The van der Waals surface area contributed by atoms with Crippen LogP contribution in [0.15, 0.2) is 110 Å². The van der Waals surface area contributed by atoms with Gasteiger partial charge in [0.15, 0.2) is 5.82 Å². The van der Waals surface area contributed by atoms with Gasteiger partial charge in [-0.05, 0) is 68.4 Å². The number of para-hydroxylation sites is 2. The molecule has 5 nitrogen and oxygen atoms in total. The highest BCUT2D eigenvalue weighted by Crippen LogP contribution is 2.69. The van der Waals surface area contributed by atoms with E-state index in [-0.39, 0.29) is 23.0 Å². The first-order valence-electron chi connectivity index (χ1n) is 16.6. The Balaban J connectivity index is 1.43. The van der Waals surface area contributed by atoms with E-state index in [0.717, 1.165) is 41.9 Å². The van der Waals surface area contributed by atoms with Gasteiger partial charge in [-0.2, -0.15) is 0 Å². The molecule has 0 amide bonds. The third kappa shape index (κ3) is 4.12. The molecule has 4 aromatic rings. The first-order valence-corrected chi connectivity index (χ1v) is 16.6. The van der Waals surface area contributed by atoms with Gasteiger partial charge in [-0.3, -0.25) is 4.98 Å². The molecule has 1 fully saturated rings. The van der Waals surface area contributed by atoms with E-state index in [0.29, 0.717) is 5.92 Å². The fraction of sp³-hybridized carbons (Fsp3) is 0.350. The molecule has 7 rings (SSSR count). The number of aryl methyl sites for hydroxylation is 1. The number of hydrogen-bond donors (Lipinski definition) is 0. The molecule has 5 unspecified atom stereocenters. The lowest BCUT2D eigenvalue weighted by Crippen LogP contribution is -2.63. The number of nitrogens with zero attached hydrogens (tertiary/aromatic N) is 5. The number of aromatic nitrogens is 2. The van der Waals surface area contributed by atoms with Crippen LogP contribution >= 0.6 is 0 Å². The number of rotatable bonds is 7. The average molecular weight is 596 g/mol. The van der Waals surface area contributed by atoms with E-state index in [1.807, 2.05) is 12.3 Å². The van der Waals surface area contributed by atoms with E-state index < -0.39 is 0 Å². The second kappa shape index (κ2) is 11.2. The van der Waals surface area contributed by atoms with Crippen LogP contribution in [0.5, 0.6) is 0 Å². The van der Waals surface area contributed by atoms with Gasteiger partial charge >= 0.3 is 0 Å². The molecule has 2 aliphatic heterocycles. The van der Waals surface area contributed by atoms with Crippen LogP contribution in [0.2, 0.25) is 0 Å². The number of hydrogen-bond acceptors (Lipinski definition) is 5. The monoisotopic (exact) mass is 595 g/mol. The fourth-order valence-electron chi connectivity index (χ4n) is 9.77. The van der Waals surface area contributed by atoms with Crippen molar-refractivity contribution in [2.24, 2.45) is 11.3 Å². The van der Waals surface area contributed by atoms with Crippen molar-refractivity contribution in [1.29, 1.82) is 0 Å². The van der Waals surface area contributed by atoms with Gasteiger partial charge in [0.25, 0.3) is 0 Å². The Morgan fingerprint density at radius 3 is 2.29 bits per heavy atom. The predicted octanol–water partition coefficient (Wildman–Crippen LogP) is 9.09. The first-order chi connectivity index (χ1) is 21.9. The molecule has 1 aliphatic carbocycles. The molecule has 3 aliphatic rings. The number of benzene rings is 3. The SMILES string of the molecule is C=C(c1ccccc1)c1nccnc1N1c2ccccc2C2(CC)CCC(C3N(C)C=CN3c3ccccc3C)C2(CC)C1C. The van der Waals surface area contributed by atoms with Crippen molar-refractivity contribution in [3.63, 3.8) is 0 Å². The highest BCUT2D eigenvalue weighted by Gasteiger charge is 2.68. The van der Waals surface area contributed by atoms with Gasteiger partial charge in [0, 0.05) is 71.6 Å². The van der Waals surface area contributed by atoms with E-state index in [9.17, 15) is 0 Å². The summed E-state index contributed by atoms with van der Waals surface area (Å²) in [6, 6.07) is 28.5. The lowest BCUT2D eigenvalue weighted by Gasteiger charge is -2.61. The van der Waals surface area contributed by atoms with Gasteiger partial charge < -0.3 is 14.7 Å². The molecule has 5 atom stereocenters. The molecular formula is C40H45N5. The highest BCUT2D eigenvalue weighted by molar-refractivity contribution is 5.85. The Labute approximate surface area is 268 Å². The maximum Gasteiger partial charge on any atom is 0.159 e. The molecule has 5 heteroatoms. The Hall–Kier alpha value is -4.38. The summed E-state index contributed by atoms with van der Waals surface area (Å²) in [7, 11) is 2.26. The molecular weight excluding hydrogens is 550 g/mol. The van der Waals surface area contributed by atoms with Crippen molar-refractivity contribution in [3.05, 3.63) is 133 Å². The summed E-state index contributed by atoms with van der Waals surface area (Å²) < 4.78 is 0. The molecule has 0 saturated heterocycles. The second-order valence-electron chi connectivity index (χ2n) is 13.2. The molecule has 3 heterocycles. The van der Waals surface area contributed by atoms with Crippen LogP contribution in [-0.4, -0.2) is 34.1 Å². The van der Waals surface area contributed by atoms with Gasteiger partial charge in [-0.1, -0.05) is 87.2 Å². The fourth-order valence-corrected chi connectivity index (χ4v) is 9.77. The topological polar surface area (TPSA) is 35.5 Å². The lowest BCUT2D eigenvalue weighted by atomic mass is 9.51. The largest absolute Gasteiger partial charge is 0.358 e. The van der Waals surface area contributed by atoms with Crippen LogP contribution in [0, 0.1) is 18.3 Å². The molecule has 1 saturated carbocycles. The summed E-state index contributed by atoms with van der Waals surface area (Å²) in [6.07, 6.45) is 12.9. The molecule has 0 radical (unpaired) electrons. The Bertz CT molecular complexity index is 1750. The van der Waals surface area contributed by atoms with Crippen molar-refractivity contribution in [1.82, 2.24) is 14.9 Å². The van der Waals surface area contributed by atoms with Crippen molar-refractivity contribution in [2.75, 3.05) is 16.8 Å². The minimum Gasteiger partial charge on any atom is -0.358 e. The molecule has 230 valence electrons. The van der Waals surface area contributed by atoms with Gasteiger partial charge in [-0.25, -0.2) is 4.98 Å². The molecule has 0 bridgehead atoms. The zero-order valence-electron chi connectivity index (χ0n) is 27.3. The van der Waals surface area contributed by atoms with Crippen LogP contribution in [-0.2, 0) is 5.41 Å². The van der Waals surface area contributed by atoms with Crippen molar-refractivity contribution in [2.45, 2.75) is 71.0 Å². The highest BCUT2D eigenvalue weighted by atomic mass is 15.4. The van der Waals surface area contributed by atoms with Crippen LogP contribution in [0.25, 0.3) is 5.57 Å². The van der Waals surface area contributed by atoms with Crippen LogP contribution in [0.3, 0.4) is 0 Å². The van der Waals surface area contributed by atoms with Crippen molar-refractivity contribution < 1.29 is 0 Å². The van der Waals surface area contributed by atoms with Crippen molar-refractivity contribution in [3.8, 4) is 0 Å². The van der Waals surface area contributed by atoms with Gasteiger partial charge in [0.2, 0.25) is 0 Å². The standard InChI is InChI=1S/C40H45N5/c1-7-39-23-22-33(38-43(6)26-27-44(38)34-20-14-12-16-28(34)3)40(39,8-2)30(5)45(35-21-15-13-19-32(35)39)37-36(41-24-25-42-37)29(4)31-17-10-9-11-18-31/h9-21,24-27,30,33,38H,4,7-8,22-23H2,1-3,5-6H3. The number of anilines is 3. The van der Waals surface area contributed by atoms with Gasteiger partial charge in [0.05, 0.1) is 0 Å². The minimum atomic E-state index is -0.0368. The zero-order valence-corrected chi connectivity index (χ0v) is 27.3. The van der Waals surface area contributed by atoms with Gasteiger partial charge in [-0.15, -0.1) is 0 Å². The summed E-state index contributed by atoms with van der Waals surface area (Å²) >= 11 is 0. The Morgan fingerprint density at radius 2 is 1.56 bits per heavy atom. The molecule has 0 N–H and O–H groups in total. The summed E-state index contributed by atoms with van der Waals surface area (Å²) in [5.41, 5.74) is 8.12. The second-order valence-corrected chi connectivity index (χ2v) is 13.2. The van der Waals surface area contributed by atoms with Crippen LogP contribution < -0.4 is 9.80 Å². The predicted molar refractivity (Wildman–Crippen MR) is 186 cm³/mol. The maximum atomic E-state index is 5.11. The Morgan fingerprint density at radius 1 is 0.867 bits per heavy atom. The van der Waals surface area contributed by atoms with E-state index in [1.165, 1.54) is 28.9 Å². The summed E-state index contributed by atoms with van der Waals surface area (Å²) in [4.78, 5) is 17.6. The smallest absolute Gasteiger partial charge is 0.159 e. The lowest BCUT2D eigenvalue weighted by molar-refractivity contribution is 0.0186. The minimum absolute atomic E-state index is 0.0368. The molecule has 1 aromatic heterocycles. The normalized spacial score (nSPS) is 27.0. The molecule has 45 heavy (non-hydrogen) atoms. The average Bonchev–Trinajstić information content (AvgIpc) is 3.63. The van der Waals surface area contributed by atoms with E-state index in [4.69, 9.17) is 9.97 Å². The van der Waals surface area contributed by atoms with Crippen LogP contribution in [0.4, 0.5) is 17.2 Å². The molecule has 0 spiro atoms. The van der Waals surface area contributed by atoms with Gasteiger partial charge in [0.1, 0.15) is 11.9 Å². The first kappa shape index (κ1) is 29.3. The zero-order chi connectivity index (χ0) is 31.3. The number of fused-ring (bicyclic) bond motifs is 3. The van der Waals surface area contributed by atoms with Crippen molar-refractivity contribution >= 4 is 22.8 Å². The Kier molecular flexibility index (Phi) is 7.31. The van der Waals surface area contributed by atoms with E-state index >= 15 is 0 Å². The third-order valence-corrected chi connectivity index (χ3v) is 11.7. The summed E-state index contributed by atoms with van der Waals surface area (Å²) in [6.45, 7) is 14.1. The maximum absolute atomic E-state index is 5.11. The third-order valence-electron chi connectivity index (χ3n) is 11.7. The summed E-state index contributed by atoms with van der Waals surface area (Å²) in [5.74, 6) is 1.30. The quantitative estimate of drug-likeness (QED) is 0.213. The summed E-state index contributed by atoms with van der Waals surface area (Å²) in [5, 5.41) is 0.